The quantitative estimate of drug-likeness (QED) is 0.731. The molecule has 0 atom stereocenters. The summed E-state index contributed by atoms with van der Waals surface area (Å²) in [6.07, 6.45) is 1.45. The van der Waals surface area contributed by atoms with Crippen LogP contribution in [0, 0.1) is 13.8 Å². The topological polar surface area (TPSA) is 62.6 Å². The summed E-state index contributed by atoms with van der Waals surface area (Å²) in [4.78, 5) is 26.7. The van der Waals surface area contributed by atoms with Crippen molar-refractivity contribution in [2.45, 2.75) is 20.4 Å². The molecule has 0 aliphatic carbocycles. The minimum Gasteiger partial charge on any atom is -0.459 e. The molecule has 1 aromatic heterocycles. The van der Waals surface area contributed by atoms with Crippen molar-refractivity contribution < 1.29 is 14.0 Å². The van der Waals surface area contributed by atoms with Gasteiger partial charge in [0, 0.05) is 24.8 Å². The molecule has 0 bridgehead atoms. The molecule has 27 heavy (non-hydrogen) atoms. The Morgan fingerprint density at radius 2 is 1.78 bits per heavy atom. The van der Waals surface area contributed by atoms with Crippen LogP contribution in [0.1, 0.15) is 37.6 Å². The number of hydrogen-bond donors (Lipinski definition) is 1. The number of hydrogen-bond acceptors (Lipinski definition) is 3. The number of nitrogens with one attached hydrogen (secondary N) is 1. The van der Waals surface area contributed by atoms with Crippen LogP contribution in [0.15, 0.2) is 65.3 Å². The van der Waals surface area contributed by atoms with Gasteiger partial charge in [0.05, 0.1) is 6.26 Å². The fraction of sp³-hybridized carbons (Fsp3) is 0.182. The molecule has 1 N–H and O–H groups in total. The van der Waals surface area contributed by atoms with Crippen molar-refractivity contribution in [2.75, 3.05) is 12.4 Å². The highest BCUT2D eigenvalue weighted by Crippen LogP contribution is 2.20. The largest absolute Gasteiger partial charge is 0.459 e. The van der Waals surface area contributed by atoms with Crippen molar-refractivity contribution in [1.29, 1.82) is 0 Å². The number of furan rings is 1. The molecule has 138 valence electrons. The molecule has 0 fully saturated rings. The number of carbonyl (C=O) groups excluding carboxylic acids is 2. The molecular weight excluding hydrogens is 340 g/mol. The van der Waals surface area contributed by atoms with Gasteiger partial charge in [-0.2, -0.15) is 0 Å². The normalized spacial score (nSPS) is 10.5. The van der Waals surface area contributed by atoms with E-state index in [1.807, 2.05) is 44.2 Å². The molecule has 0 aliphatic rings. The van der Waals surface area contributed by atoms with E-state index in [9.17, 15) is 9.59 Å². The summed E-state index contributed by atoms with van der Waals surface area (Å²) in [5, 5.41) is 2.80. The summed E-state index contributed by atoms with van der Waals surface area (Å²) in [7, 11) is 1.77. The first kappa shape index (κ1) is 18.5. The molecule has 1 heterocycles. The Labute approximate surface area is 158 Å². The second-order valence-electron chi connectivity index (χ2n) is 6.61. The van der Waals surface area contributed by atoms with E-state index < -0.39 is 0 Å². The predicted octanol–water partition coefficient (Wildman–Crippen LogP) is 4.42. The molecule has 0 unspecified atom stereocenters. The van der Waals surface area contributed by atoms with Gasteiger partial charge in [0.25, 0.3) is 11.8 Å². The zero-order valence-electron chi connectivity index (χ0n) is 15.7. The lowest BCUT2D eigenvalue weighted by Crippen LogP contribution is -2.26. The summed E-state index contributed by atoms with van der Waals surface area (Å²) in [6, 6.07) is 16.6. The predicted molar refractivity (Wildman–Crippen MR) is 105 cm³/mol. The van der Waals surface area contributed by atoms with E-state index in [2.05, 4.69) is 5.32 Å². The van der Waals surface area contributed by atoms with Crippen LogP contribution in [-0.4, -0.2) is 23.8 Å². The van der Waals surface area contributed by atoms with Crippen molar-refractivity contribution in [3.63, 3.8) is 0 Å². The smallest absolute Gasteiger partial charge is 0.291 e. The molecule has 3 aromatic rings. The highest BCUT2D eigenvalue weighted by molar-refractivity contribution is 6.03. The Balaban J connectivity index is 1.74. The fourth-order valence-corrected chi connectivity index (χ4v) is 2.74. The highest BCUT2D eigenvalue weighted by Gasteiger charge is 2.16. The summed E-state index contributed by atoms with van der Waals surface area (Å²) in [5.74, 6) is -0.229. The van der Waals surface area contributed by atoms with Crippen molar-refractivity contribution >= 4 is 17.5 Å². The lowest BCUT2D eigenvalue weighted by Gasteiger charge is -2.18. The maximum atomic E-state index is 12.8. The van der Waals surface area contributed by atoms with Gasteiger partial charge in [-0.3, -0.25) is 9.59 Å². The molecule has 0 aliphatic heterocycles. The number of benzene rings is 2. The average molecular weight is 362 g/mol. The zero-order valence-corrected chi connectivity index (χ0v) is 15.7. The summed E-state index contributed by atoms with van der Waals surface area (Å²) < 4.78 is 5.11. The van der Waals surface area contributed by atoms with E-state index in [0.29, 0.717) is 17.8 Å². The monoisotopic (exact) mass is 362 g/mol. The van der Waals surface area contributed by atoms with Gasteiger partial charge in [-0.25, -0.2) is 0 Å². The van der Waals surface area contributed by atoms with Crippen LogP contribution in [0.5, 0.6) is 0 Å². The zero-order chi connectivity index (χ0) is 19.4. The lowest BCUT2D eigenvalue weighted by molar-refractivity contribution is 0.0784. The van der Waals surface area contributed by atoms with Crippen molar-refractivity contribution in [3.8, 4) is 0 Å². The van der Waals surface area contributed by atoms with E-state index in [-0.39, 0.29) is 17.6 Å². The van der Waals surface area contributed by atoms with Gasteiger partial charge in [0.15, 0.2) is 5.76 Å². The van der Waals surface area contributed by atoms with Gasteiger partial charge in [0.1, 0.15) is 0 Å². The third kappa shape index (κ3) is 4.44. The van der Waals surface area contributed by atoms with Gasteiger partial charge in [-0.1, -0.05) is 35.9 Å². The Bertz CT molecular complexity index is 944. The van der Waals surface area contributed by atoms with Crippen LogP contribution in [0.4, 0.5) is 5.69 Å². The highest BCUT2D eigenvalue weighted by atomic mass is 16.3. The molecule has 5 heteroatoms. The second-order valence-corrected chi connectivity index (χ2v) is 6.61. The lowest BCUT2D eigenvalue weighted by atomic mass is 10.1. The maximum absolute atomic E-state index is 12.8. The summed E-state index contributed by atoms with van der Waals surface area (Å²) in [6.45, 7) is 4.42. The molecular formula is C22H22N2O3. The molecule has 2 amide bonds. The number of anilines is 1. The van der Waals surface area contributed by atoms with Crippen LogP contribution in [0.3, 0.4) is 0 Å². The standard InChI is InChI=1S/C22H22N2O3/c1-15-6-9-17(10-7-15)14-24(3)22(26)18-11-8-16(2)19(13-18)23-21(25)20-5-4-12-27-20/h4-13H,14H2,1-3H3,(H,23,25). The van der Waals surface area contributed by atoms with Crippen molar-refractivity contribution in [2.24, 2.45) is 0 Å². The maximum Gasteiger partial charge on any atom is 0.291 e. The van der Waals surface area contributed by atoms with E-state index >= 15 is 0 Å². The Kier molecular flexibility index (Phi) is 5.41. The first-order valence-electron chi connectivity index (χ1n) is 8.70. The van der Waals surface area contributed by atoms with Crippen LogP contribution >= 0.6 is 0 Å². The summed E-state index contributed by atoms with van der Waals surface area (Å²) in [5.41, 5.74) is 4.22. The van der Waals surface area contributed by atoms with Gasteiger partial charge in [-0.15, -0.1) is 0 Å². The van der Waals surface area contributed by atoms with Crippen LogP contribution in [0.2, 0.25) is 0 Å². The number of aryl methyl sites for hydroxylation is 2. The third-order valence-corrected chi connectivity index (χ3v) is 4.36. The van der Waals surface area contributed by atoms with Gasteiger partial charge < -0.3 is 14.6 Å². The Morgan fingerprint density at radius 1 is 1.04 bits per heavy atom. The molecule has 0 saturated carbocycles. The minimum atomic E-state index is -0.347. The van der Waals surface area contributed by atoms with E-state index in [4.69, 9.17) is 4.42 Å². The molecule has 3 rings (SSSR count). The number of carbonyl (C=O) groups is 2. The first-order chi connectivity index (χ1) is 12.9. The minimum absolute atomic E-state index is 0.107. The van der Waals surface area contributed by atoms with E-state index in [1.165, 1.54) is 11.8 Å². The number of nitrogens with zero attached hydrogens (tertiary/aromatic N) is 1. The number of amides is 2. The van der Waals surface area contributed by atoms with Crippen molar-refractivity contribution in [1.82, 2.24) is 4.90 Å². The summed E-state index contributed by atoms with van der Waals surface area (Å²) >= 11 is 0. The first-order valence-corrected chi connectivity index (χ1v) is 8.70. The van der Waals surface area contributed by atoms with Gasteiger partial charge in [-0.05, 0) is 49.2 Å². The Morgan fingerprint density at radius 3 is 2.44 bits per heavy atom. The molecule has 0 spiro atoms. The molecule has 0 saturated heterocycles. The Hall–Kier alpha value is -3.34. The average Bonchev–Trinajstić information content (AvgIpc) is 3.19. The molecule has 0 radical (unpaired) electrons. The second kappa shape index (κ2) is 7.91. The third-order valence-electron chi connectivity index (χ3n) is 4.36. The molecule has 2 aromatic carbocycles. The van der Waals surface area contributed by atoms with Crippen LogP contribution < -0.4 is 5.32 Å². The SMILES string of the molecule is Cc1ccc(CN(C)C(=O)c2ccc(C)c(NC(=O)c3ccco3)c2)cc1. The van der Waals surface area contributed by atoms with E-state index in [0.717, 1.165) is 11.1 Å². The number of rotatable bonds is 5. The fourth-order valence-electron chi connectivity index (χ4n) is 2.74. The van der Waals surface area contributed by atoms with E-state index in [1.54, 1.807) is 36.2 Å². The van der Waals surface area contributed by atoms with Crippen LogP contribution in [0.25, 0.3) is 0 Å². The van der Waals surface area contributed by atoms with Crippen LogP contribution in [-0.2, 0) is 6.54 Å². The molecule has 5 nitrogen and oxygen atoms in total. The van der Waals surface area contributed by atoms with Gasteiger partial charge in [0.2, 0.25) is 0 Å². The van der Waals surface area contributed by atoms with Crippen molar-refractivity contribution in [3.05, 3.63) is 88.9 Å². The van der Waals surface area contributed by atoms with Gasteiger partial charge >= 0.3 is 0 Å².